The molecule has 0 unspecified atom stereocenters. The Hall–Kier alpha value is -3.13. The van der Waals surface area contributed by atoms with Crippen molar-refractivity contribution in [1.82, 2.24) is 15.2 Å². The van der Waals surface area contributed by atoms with E-state index < -0.39 is 6.09 Å². The van der Waals surface area contributed by atoms with Gasteiger partial charge in [0.2, 0.25) is 5.88 Å². The normalized spacial score (nSPS) is 13.9. The summed E-state index contributed by atoms with van der Waals surface area (Å²) in [4.78, 5) is 18.7. The SMILES string of the molecule is Cc1ccccc1CNC(=O)Oc1ccc(-c2ccc(OCCN3CCOCC3)c(Cl)c2)cn1. The summed E-state index contributed by atoms with van der Waals surface area (Å²) >= 11 is 6.44. The van der Waals surface area contributed by atoms with Gasteiger partial charge < -0.3 is 19.5 Å². The highest BCUT2D eigenvalue weighted by Gasteiger charge is 2.12. The third kappa shape index (κ3) is 6.70. The minimum absolute atomic E-state index is 0.222. The average molecular weight is 482 g/mol. The molecule has 2 aromatic carbocycles. The Balaban J connectivity index is 1.28. The second-order valence-electron chi connectivity index (χ2n) is 8.00. The van der Waals surface area contributed by atoms with Crippen LogP contribution >= 0.6 is 11.6 Å². The van der Waals surface area contributed by atoms with Crippen LogP contribution in [0.5, 0.6) is 11.6 Å². The van der Waals surface area contributed by atoms with E-state index in [0.717, 1.165) is 55.1 Å². The summed E-state index contributed by atoms with van der Waals surface area (Å²) in [5.74, 6) is 0.872. The molecule has 0 spiro atoms. The van der Waals surface area contributed by atoms with E-state index in [-0.39, 0.29) is 5.88 Å². The molecule has 178 valence electrons. The van der Waals surface area contributed by atoms with E-state index in [0.29, 0.717) is 23.9 Å². The quantitative estimate of drug-likeness (QED) is 0.502. The molecule has 2 heterocycles. The molecule has 0 bridgehead atoms. The lowest BCUT2D eigenvalue weighted by Gasteiger charge is -2.26. The molecule has 7 nitrogen and oxygen atoms in total. The predicted octanol–water partition coefficient (Wildman–Crippen LogP) is 4.71. The maximum Gasteiger partial charge on any atom is 0.414 e. The van der Waals surface area contributed by atoms with Crippen molar-refractivity contribution in [2.75, 3.05) is 39.5 Å². The molecule has 1 aliphatic heterocycles. The zero-order chi connectivity index (χ0) is 23.8. The van der Waals surface area contributed by atoms with Crippen LogP contribution in [0.3, 0.4) is 0 Å². The number of carbonyl (C=O) groups is 1. The van der Waals surface area contributed by atoms with Gasteiger partial charge in [0.15, 0.2) is 0 Å². The van der Waals surface area contributed by atoms with Crippen molar-refractivity contribution >= 4 is 17.7 Å². The zero-order valence-corrected chi connectivity index (χ0v) is 19.9. The van der Waals surface area contributed by atoms with Gasteiger partial charge in [-0.2, -0.15) is 0 Å². The van der Waals surface area contributed by atoms with Gasteiger partial charge in [-0.25, -0.2) is 9.78 Å². The van der Waals surface area contributed by atoms with Gasteiger partial charge in [-0.05, 0) is 41.8 Å². The van der Waals surface area contributed by atoms with Gasteiger partial charge in [0.1, 0.15) is 12.4 Å². The number of nitrogens with one attached hydrogen (secondary N) is 1. The third-order valence-corrected chi connectivity index (χ3v) is 5.95. The fourth-order valence-electron chi connectivity index (χ4n) is 3.63. The Morgan fingerprint density at radius 2 is 1.91 bits per heavy atom. The van der Waals surface area contributed by atoms with Crippen molar-refractivity contribution in [3.63, 3.8) is 0 Å². The first-order chi connectivity index (χ1) is 16.6. The lowest BCUT2D eigenvalue weighted by Crippen LogP contribution is -2.38. The molecular weight excluding hydrogens is 454 g/mol. The first kappa shape index (κ1) is 24.0. The maximum absolute atomic E-state index is 12.1. The number of hydrogen-bond donors (Lipinski definition) is 1. The van der Waals surface area contributed by atoms with Crippen LogP contribution in [-0.2, 0) is 11.3 Å². The molecular formula is C26H28ClN3O4. The summed E-state index contributed by atoms with van der Waals surface area (Å²) in [6.45, 7) is 7.19. The van der Waals surface area contributed by atoms with Crippen molar-refractivity contribution in [3.8, 4) is 22.8 Å². The standard InChI is InChI=1S/C26H28ClN3O4/c1-19-4-2-3-5-21(19)17-29-26(31)34-25-9-7-22(18-28-25)20-6-8-24(23(27)16-20)33-15-12-30-10-13-32-14-11-30/h2-9,16,18H,10-15,17H2,1H3,(H,29,31). The molecule has 3 aromatic rings. The summed E-state index contributed by atoms with van der Waals surface area (Å²) < 4.78 is 16.5. The fraction of sp³-hybridized carbons (Fsp3) is 0.308. The predicted molar refractivity (Wildman–Crippen MR) is 131 cm³/mol. The first-order valence-electron chi connectivity index (χ1n) is 11.3. The van der Waals surface area contributed by atoms with E-state index in [1.54, 1.807) is 12.3 Å². The summed E-state index contributed by atoms with van der Waals surface area (Å²) in [6.07, 6.45) is 1.10. The van der Waals surface area contributed by atoms with Gasteiger partial charge in [0.05, 0.1) is 18.2 Å². The smallest absolute Gasteiger partial charge is 0.414 e. The lowest BCUT2D eigenvalue weighted by atomic mass is 10.1. The molecule has 1 amide bonds. The minimum atomic E-state index is -0.551. The van der Waals surface area contributed by atoms with Crippen molar-refractivity contribution in [1.29, 1.82) is 0 Å². The van der Waals surface area contributed by atoms with Gasteiger partial charge >= 0.3 is 6.09 Å². The third-order valence-electron chi connectivity index (χ3n) is 5.65. The molecule has 1 aliphatic rings. The van der Waals surface area contributed by atoms with Gasteiger partial charge in [-0.15, -0.1) is 0 Å². The molecule has 1 fully saturated rings. The molecule has 1 aromatic heterocycles. The number of morpholine rings is 1. The molecule has 34 heavy (non-hydrogen) atoms. The van der Waals surface area contributed by atoms with Crippen molar-refractivity contribution < 1.29 is 19.0 Å². The van der Waals surface area contributed by atoms with E-state index in [9.17, 15) is 4.79 Å². The average Bonchev–Trinajstić information content (AvgIpc) is 2.86. The number of benzene rings is 2. The zero-order valence-electron chi connectivity index (χ0n) is 19.1. The van der Waals surface area contributed by atoms with Crippen LogP contribution in [0.1, 0.15) is 11.1 Å². The van der Waals surface area contributed by atoms with E-state index in [1.165, 1.54) is 0 Å². The Labute approximate surface area is 204 Å². The molecule has 0 radical (unpaired) electrons. The summed E-state index contributed by atoms with van der Waals surface area (Å²) in [5, 5.41) is 3.28. The van der Waals surface area contributed by atoms with Crippen LogP contribution in [0.4, 0.5) is 4.79 Å². The number of halogens is 1. The molecule has 1 saturated heterocycles. The largest absolute Gasteiger partial charge is 0.491 e. The van der Waals surface area contributed by atoms with Gasteiger partial charge in [0.25, 0.3) is 0 Å². The number of ether oxygens (including phenoxy) is 3. The highest BCUT2D eigenvalue weighted by Crippen LogP contribution is 2.30. The number of rotatable bonds is 8. The molecule has 4 rings (SSSR count). The van der Waals surface area contributed by atoms with Gasteiger partial charge in [0, 0.05) is 44.0 Å². The van der Waals surface area contributed by atoms with Crippen LogP contribution in [0.15, 0.2) is 60.8 Å². The Morgan fingerprint density at radius 1 is 1.12 bits per heavy atom. The van der Waals surface area contributed by atoms with Crippen LogP contribution in [0, 0.1) is 6.92 Å². The van der Waals surface area contributed by atoms with Gasteiger partial charge in [-0.3, -0.25) is 4.90 Å². The Bertz CT molecular complexity index is 1100. The maximum atomic E-state index is 12.1. The van der Waals surface area contributed by atoms with E-state index in [2.05, 4.69) is 15.2 Å². The number of nitrogens with zero attached hydrogens (tertiary/aromatic N) is 2. The van der Waals surface area contributed by atoms with Crippen LogP contribution in [0.25, 0.3) is 11.1 Å². The Morgan fingerprint density at radius 3 is 2.65 bits per heavy atom. The van der Waals surface area contributed by atoms with Gasteiger partial charge in [-0.1, -0.05) is 41.9 Å². The number of aromatic nitrogens is 1. The second-order valence-corrected chi connectivity index (χ2v) is 8.41. The van der Waals surface area contributed by atoms with E-state index >= 15 is 0 Å². The fourth-order valence-corrected chi connectivity index (χ4v) is 3.86. The number of aryl methyl sites for hydroxylation is 1. The van der Waals surface area contributed by atoms with Crippen molar-refractivity contribution in [2.45, 2.75) is 13.5 Å². The number of hydrogen-bond acceptors (Lipinski definition) is 6. The van der Waals surface area contributed by atoms with Crippen molar-refractivity contribution in [2.24, 2.45) is 0 Å². The monoisotopic (exact) mass is 481 g/mol. The highest BCUT2D eigenvalue weighted by atomic mass is 35.5. The number of carbonyl (C=O) groups excluding carboxylic acids is 1. The number of pyridine rings is 1. The molecule has 0 aliphatic carbocycles. The van der Waals surface area contributed by atoms with E-state index in [1.807, 2.05) is 55.5 Å². The second kappa shape index (κ2) is 11.8. The molecule has 8 heteroatoms. The Kier molecular flexibility index (Phi) is 8.36. The van der Waals surface area contributed by atoms with Crippen LogP contribution in [-0.4, -0.2) is 55.4 Å². The topological polar surface area (TPSA) is 72.9 Å². The minimum Gasteiger partial charge on any atom is -0.491 e. The lowest BCUT2D eigenvalue weighted by molar-refractivity contribution is 0.0322. The highest BCUT2D eigenvalue weighted by molar-refractivity contribution is 6.32. The van der Waals surface area contributed by atoms with E-state index in [4.69, 9.17) is 25.8 Å². The summed E-state index contributed by atoms with van der Waals surface area (Å²) in [6, 6.07) is 17.0. The van der Waals surface area contributed by atoms with Crippen LogP contribution < -0.4 is 14.8 Å². The summed E-state index contributed by atoms with van der Waals surface area (Å²) in [5.41, 5.74) is 3.90. The van der Waals surface area contributed by atoms with Crippen molar-refractivity contribution in [3.05, 3.63) is 76.9 Å². The summed E-state index contributed by atoms with van der Waals surface area (Å²) in [7, 11) is 0. The number of amides is 1. The first-order valence-corrected chi connectivity index (χ1v) is 11.7. The molecule has 0 saturated carbocycles. The molecule has 1 N–H and O–H groups in total. The van der Waals surface area contributed by atoms with Crippen LogP contribution in [0.2, 0.25) is 5.02 Å². The molecule has 0 atom stereocenters.